The molecule has 0 fully saturated rings. The summed E-state index contributed by atoms with van der Waals surface area (Å²) in [5.74, 6) is -1.79. The van der Waals surface area contributed by atoms with E-state index in [2.05, 4.69) is 5.32 Å². The Morgan fingerprint density at radius 3 is 2.30 bits per heavy atom. The highest BCUT2D eigenvalue weighted by molar-refractivity contribution is 7.18. The summed E-state index contributed by atoms with van der Waals surface area (Å²) in [6.07, 6.45) is -0.359. The molecule has 0 saturated carbocycles. The maximum Gasteiger partial charge on any atom is 0.348 e. The van der Waals surface area contributed by atoms with Crippen LogP contribution in [0.15, 0.2) is 30.3 Å². The van der Waals surface area contributed by atoms with Gasteiger partial charge in [0.05, 0.1) is 18.3 Å². The van der Waals surface area contributed by atoms with Crippen molar-refractivity contribution >= 4 is 40.0 Å². The first-order valence-corrected chi connectivity index (χ1v) is 10.5. The molecule has 2 rings (SSSR count). The zero-order valence-corrected chi connectivity index (χ0v) is 18.3. The van der Waals surface area contributed by atoms with E-state index in [1.54, 1.807) is 58.0 Å². The lowest BCUT2D eigenvalue weighted by Gasteiger charge is -2.07. The summed E-state index contributed by atoms with van der Waals surface area (Å²) >= 11 is 0.957. The minimum Gasteiger partial charge on any atom is -0.462 e. The van der Waals surface area contributed by atoms with Crippen LogP contribution in [0.2, 0.25) is 0 Å². The van der Waals surface area contributed by atoms with Crippen molar-refractivity contribution in [3.63, 3.8) is 0 Å². The Hall–Kier alpha value is -3.00. The number of thiophene rings is 1. The van der Waals surface area contributed by atoms with Crippen molar-refractivity contribution in [2.24, 2.45) is 0 Å². The second kappa shape index (κ2) is 10.7. The summed E-state index contributed by atoms with van der Waals surface area (Å²) in [6, 6.07) is 8.69. The predicted molar refractivity (Wildman–Crippen MR) is 114 cm³/mol. The first-order chi connectivity index (χ1) is 14.2. The highest BCUT2D eigenvalue weighted by Gasteiger charge is 2.27. The Bertz CT molecular complexity index is 933. The molecule has 8 heteroatoms. The fourth-order valence-electron chi connectivity index (χ4n) is 2.70. The maximum absolute atomic E-state index is 12.4. The molecule has 1 N–H and O–H groups in total. The monoisotopic (exact) mass is 431 g/mol. The van der Waals surface area contributed by atoms with E-state index in [4.69, 9.17) is 9.47 Å². The minimum absolute atomic E-state index is 0.0250. The lowest BCUT2D eigenvalue weighted by Crippen LogP contribution is -2.16. The molecule has 160 valence electrons. The standard InChI is InChI=1S/C22H25NO6S/c1-5-28-21(26)18-14(4)19(22(27)29-13(2)3)30-20(18)23-17(25)12-11-16(24)15-9-7-6-8-10-15/h6-10,13H,5,11-12H2,1-4H3,(H,23,25). The van der Waals surface area contributed by atoms with Gasteiger partial charge in [-0.15, -0.1) is 11.3 Å². The third-order valence-corrected chi connectivity index (χ3v) is 5.27. The molecule has 30 heavy (non-hydrogen) atoms. The summed E-state index contributed by atoms with van der Waals surface area (Å²) in [5, 5.41) is 2.85. The number of carbonyl (C=O) groups is 4. The number of carbonyl (C=O) groups excluding carboxylic acids is 4. The Morgan fingerprint density at radius 2 is 1.70 bits per heavy atom. The predicted octanol–water partition coefficient (Wildman–Crippen LogP) is 4.40. The number of hydrogen-bond donors (Lipinski definition) is 1. The third-order valence-electron chi connectivity index (χ3n) is 4.08. The molecule has 0 bridgehead atoms. The fourth-order valence-corrected chi connectivity index (χ4v) is 3.79. The number of ketones is 1. The molecule has 2 aromatic rings. The number of nitrogens with one attached hydrogen (secondary N) is 1. The smallest absolute Gasteiger partial charge is 0.348 e. The fraction of sp³-hybridized carbons (Fsp3) is 0.364. The van der Waals surface area contributed by atoms with E-state index >= 15 is 0 Å². The second-order valence-electron chi connectivity index (χ2n) is 6.77. The molecule has 0 radical (unpaired) electrons. The highest BCUT2D eigenvalue weighted by Crippen LogP contribution is 2.34. The molecule has 1 aromatic heterocycles. The van der Waals surface area contributed by atoms with Crippen LogP contribution >= 0.6 is 11.3 Å². The molecule has 1 heterocycles. The molecule has 1 aromatic carbocycles. The molecule has 0 spiro atoms. The first kappa shape index (κ1) is 23.3. The van der Waals surface area contributed by atoms with Gasteiger partial charge in [-0.2, -0.15) is 0 Å². The van der Waals surface area contributed by atoms with Crippen LogP contribution in [0.25, 0.3) is 0 Å². The molecular formula is C22H25NO6S. The zero-order chi connectivity index (χ0) is 22.3. The largest absolute Gasteiger partial charge is 0.462 e. The molecule has 0 unspecified atom stereocenters. The van der Waals surface area contributed by atoms with Crippen molar-refractivity contribution in [2.75, 3.05) is 11.9 Å². The van der Waals surface area contributed by atoms with Gasteiger partial charge >= 0.3 is 11.9 Å². The van der Waals surface area contributed by atoms with Crippen LogP contribution in [0.1, 0.15) is 69.6 Å². The number of amides is 1. The van der Waals surface area contributed by atoms with E-state index in [9.17, 15) is 19.2 Å². The number of benzene rings is 1. The van der Waals surface area contributed by atoms with Crippen molar-refractivity contribution in [3.05, 3.63) is 51.9 Å². The molecule has 1 amide bonds. The SMILES string of the molecule is CCOC(=O)c1c(NC(=O)CCC(=O)c2ccccc2)sc(C(=O)OC(C)C)c1C. The number of hydrogen-bond acceptors (Lipinski definition) is 7. The van der Waals surface area contributed by atoms with E-state index in [-0.39, 0.29) is 46.8 Å². The highest BCUT2D eigenvalue weighted by atomic mass is 32.1. The van der Waals surface area contributed by atoms with Gasteiger partial charge in [-0.25, -0.2) is 9.59 Å². The quantitative estimate of drug-likeness (QED) is 0.467. The van der Waals surface area contributed by atoms with Gasteiger partial charge in [0.2, 0.25) is 5.91 Å². The van der Waals surface area contributed by atoms with Crippen LogP contribution in [0, 0.1) is 6.92 Å². The number of esters is 2. The van der Waals surface area contributed by atoms with E-state index < -0.39 is 17.8 Å². The normalized spacial score (nSPS) is 10.6. The van der Waals surface area contributed by atoms with Crippen LogP contribution in [-0.2, 0) is 14.3 Å². The molecular weight excluding hydrogens is 406 g/mol. The Labute approximate surface area is 179 Å². The van der Waals surface area contributed by atoms with Gasteiger partial charge in [-0.1, -0.05) is 30.3 Å². The van der Waals surface area contributed by atoms with Gasteiger partial charge < -0.3 is 14.8 Å². The summed E-state index contributed by atoms with van der Waals surface area (Å²) < 4.78 is 10.3. The van der Waals surface area contributed by atoms with Gasteiger partial charge in [0, 0.05) is 18.4 Å². The molecule has 7 nitrogen and oxygen atoms in total. The van der Waals surface area contributed by atoms with Crippen molar-refractivity contribution < 1.29 is 28.7 Å². The molecule has 0 atom stereocenters. The van der Waals surface area contributed by atoms with Crippen LogP contribution in [0.5, 0.6) is 0 Å². The summed E-state index contributed by atoms with van der Waals surface area (Å²) in [5.41, 5.74) is 1.04. The van der Waals surface area contributed by atoms with Gasteiger partial charge in [0.15, 0.2) is 5.78 Å². The van der Waals surface area contributed by atoms with Gasteiger partial charge in [0.25, 0.3) is 0 Å². The van der Waals surface area contributed by atoms with Crippen molar-refractivity contribution in [2.45, 2.75) is 46.6 Å². The molecule has 0 aliphatic rings. The van der Waals surface area contributed by atoms with E-state index in [0.717, 1.165) is 11.3 Å². The van der Waals surface area contributed by atoms with Gasteiger partial charge in [-0.3, -0.25) is 9.59 Å². The van der Waals surface area contributed by atoms with E-state index in [1.807, 2.05) is 0 Å². The molecule has 0 aliphatic heterocycles. The Balaban J connectivity index is 2.17. The lowest BCUT2D eigenvalue weighted by molar-refractivity contribution is -0.116. The number of Topliss-reactive ketones (excluding diaryl/α,β-unsaturated/α-hetero) is 1. The van der Waals surface area contributed by atoms with Gasteiger partial charge in [0.1, 0.15) is 9.88 Å². The Morgan fingerprint density at radius 1 is 1.03 bits per heavy atom. The summed E-state index contributed by atoms with van der Waals surface area (Å²) in [4.78, 5) is 49.6. The first-order valence-electron chi connectivity index (χ1n) is 9.64. The summed E-state index contributed by atoms with van der Waals surface area (Å²) in [7, 11) is 0. The van der Waals surface area contributed by atoms with Gasteiger partial charge in [-0.05, 0) is 33.3 Å². The van der Waals surface area contributed by atoms with Crippen molar-refractivity contribution in [1.82, 2.24) is 0 Å². The molecule has 0 saturated heterocycles. The van der Waals surface area contributed by atoms with Crippen LogP contribution in [0.3, 0.4) is 0 Å². The minimum atomic E-state index is -0.634. The zero-order valence-electron chi connectivity index (χ0n) is 17.4. The van der Waals surface area contributed by atoms with E-state index in [1.165, 1.54) is 0 Å². The average Bonchev–Trinajstić information content (AvgIpc) is 3.02. The number of ether oxygens (including phenoxy) is 2. The van der Waals surface area contributed by atoms with Crippen molar-refractivity contribution in [1.29, 1.82) is 0 Å². The summed E-state index contributed by atoms with van der Waals surface area (Å²) in [6.45, 7) is 6.87. The van der Waals surface area contributed by atoms with Crippen LogP contribution < -0.4 is 5.32 Å². The van der Waals surface area contributed by atoms with Crippen molar-refractivity contribution in [3.8, 4) is 0 Å². The Kier molecular flexibility index (Phi) is 8.29. The van der Waals surface area contributed by atoms with E-state index in [0.29, 0.717) is 11.1 Å². The number of anilines is 1. The lowest BCUT2D eigenvalue weighted by atomic mass is 10.1. The second-order valence-corrected chi connectivity index (χ2v) is 7.79. The van der Waals surface area contributed by atoms with Crippen LogP contribution in [-0.4, -0.2) is 36.3 Å². The molecule has 0 aliphatic carbocycles. The van der Waals surface area contributed by atoms with Crippen LogP contribution in [0.4, 0.5) is 5.00 Å². The topological polar surface area (TPSA) is 98.8 Å². The maximum atomic E-state index is 12.4. The number of rotatable bonds is 9. The third kappa shape index (κ3) is 6.00. The average molecular weight is 432 g/mol.